The van der Waals surface area contributed by atoms with Gasteiger partial charge in [-0.1, -0.05) is 0 Å². The van der Waals surface area contributed by atoms with Gasteiger partial charge in [0, 0.05) is 6.61 Å². The third kappa shape index (κ3) is 11.2. The molecule has 1 aliphatic rings. The summed E-state index contributed by atoms with van der Waals surface area (Å²) >= 11 is 0. The molecule has 1 saturated heterocycles. The summed E-state index contributed by atoms with van der Waals surface area (Å²) in [5.74, 6) is 0. The number of unbranched alkanes of at least 4 members (excludes halogenated alkanes) is 1. The first-order valence-electron chi connectivity index (χ1n) is 7.59. The highest BCUT2D eigenvalue weighted by Gasteiger charge is 2.29. The van der Waals surface area contributed by atoms with Crippen molar-refractivity contribution >= 4 is 25.9 Å². The van der Waals surface area contributed by atoms with Gasteiger partial charge in [0.25, 0.3) is 0 Å². The smallest absolute Gasteiger partial charge is 0.362 e. The van der Waals surface area contributed by atoms with Crippen molar-refractivity contribution in [3.05, 3.63) is 0 Å². The lowest BCUT2D eigenvalue weighted by Crippen LogP contribution is -2.43. The molecule has 4 nitrogen and oxygen atoms in total. The molecule has 0 spiro atoms. The van der Waals surface area contributed by atoms with Crippen LogP contribution in [-0.4, -0.2) is 51.8 Å². The van der Waals surface area contributed by atoms with Gasteiger partial charge in [0.1, 0.15) is 6.10 Å². The Morgan fingerprint density at radius 2 is 1.55 bits per heavy atom. The van der Waals surface area contributed by atoms with E-state index in [9.17, 15) is 0 Å². The molecule has 0 N–H and O–H groups in total. The largest absolute Gasteiger partial charge is 0.436 e. The molecular weight excluding hydrogens is 304 g/mol. The van der Waals surface area contributed by atoms with Gasteiger partial charge < -0.3 is 17.7 Å². The molecule has 1 radical (unpaired) electrons. The van der Waals surface area contributed by atoms with Crippen LogP contribution < -0.4 is 0 Å². The van der Waals surface area contributed by atoms with Gasteiger partial charge in [0.05, 0.1) is 13.2 Å². The predicted molar refractivity (Wildman–Crippen MR) is 89.2 cm³/mol. The molecular formula is C13H31O4Si3. The average Bonchev–Trinajstić information content (AvgIpc) is 3.01. The Bertz CT molecular complexity index is 256. The number of rotatable bonds is 11. The molecule has 20 heavy (non-hydrogen) atoms. The van der Waals surface area contributed by atoms with Crippen LogP contribution in [0.3, 0.4) is 0 Å². The highest BCUT2D eigenvalue weighted by Crippen LogP contribution is 2.16. The van der Waals surface area contributed by atoms with E-state index in [1.165, 1.54) is 0 Å². The van der Waals surface area contributed by atoms with E-state index >= 15 is 0 Å². The van der Waals surface area contributed by atoms with Crippen LogP contribution in [0.1, 0.15) is 12.8 Å². The first-order chi connectivity index (χ1) is 9.16. The van der Waals surface area contributed by atoms with E-state index in [4.69, 9.17) is 17.7 Å². The molecule has 0 aromatic rings. The maximum atomic E-state index is 6.26. The molecule has 119 valence electrons. The Hall–Kier alpha value is 0.491. The summed E-state index contributed by atoms with van der Waals surface area (Å²) in [6, 6.07) is 1.07. The van der Waals surface area contributed by atoms with E-state index in [0.717, 1.165) is 38.7 Å². The van der Waals surface area contributed by atoms with Crippen LogP contribution in [0, 0.1) is 0 Å². The van der Waals surface area contributed by atoms with Crippen molar-refractivity contribution in [1.29, 1.82) is 0 Å². The van der Waals surface area contributed by atoms with Gasteiger partial charge in [-0.15, -0.1) is 0 Å². The van der Waals surface area contributed by atoms with E-state index in [1.54, 1.807) is 0 Å². The van der Waals surface area contributed by atoms with Gasteiger partial charge in [-0.25, -0.2) is 0 Å². The Balaban J connectivity index is 2.17. The maximum Gasteiger partial charge on any atom is 0.362 e. The minimum absolute atomic E-state index is 0.375. The standard InChI is InChI=1S/C13H31O4Si3/c1-19(2,3)16-18(17-20(4,5)6)10-8-7-9-14-11-13-12-15-13/h13H,7-12H2,1-6H3. The molecule has 0 saturated carbocycles. The van der Waals surface area contributed by atoms with Crippen molar-refractivity contribution < 1.29 is 17.7 Å². The molecule has 1 unspecified atom stereocenters. The van der Waals surface area contributed by atoms with Gasteiger partial charge >= 0.3 is 9.28 Å². The van der Waals surface area contributed by atoms with Gasteiger partial charge in [-0.2, -0.15) is 0 Å². The quantitative estimate of drug-likeness (QED) is 0.330. The molecule has 0 aliphatic carbocycles. The SMILES string of the molecule is C[Si](C)(C)O[Si](CCCCOCC1CO1)O[Si](C)(C)C. The van der Waals surface area contributed by atoms with Crippen LogP contribution in [-0.2, 0) is 17.7 Å². The number of epoxide rings is 1. The Kier molecular flexibility index (Phi) is 7.61. The van der Waals surface area contributed by atoms with E-state index in [1.807, 2.05) is 0 Å². The lowest BCUT2D eigenvalue weighted by atomic mass is 10.3. The van der Waals surface area contributed by atoms with E-state index in [-0.39, 0.29) is 0 Å². The zero-order valence-electron chi connectivity index (χ0n) is 14.0. The molecule has 0 bridgehead atoms. The third-order valence-electron chi connectivity index (χ3n) is 2.47. The molecule has 1 fully saturated rings. The van der Waals surface area contributed by atoms with Crippen molar-refractivity contribution in [2.75, 3.05) is 19.8 Å². The molecule has 1 aliphatic heterocycles. The second kappa shape index (κ2) is 8.21. The van der Waals surface area contributed by atoms with Gasteiger partial charge in [0.15, 0.2) is 16.6 Å². The first-order valence-corrected chi connectivity index (χ1v) is 15.9. The third-order valence-corrected chi connectivity index (χ3v) is 9.95. The van der Waals surface area contributed by atoms with Crippen LogP contribution >= 0.6 is 0 Å². The molecule has 1 heterocycles. The summed E-state index contributed by atoms with van der Waals surface area (Å²) in [7, 11) is -4.12. The monoisotopic (exact) mass is 335 g/mol. The van der Waals surface area contributed by atoms with Crippen LogP contribution in [0.4, 0.5) is 0 Å². The molecule has 1 atom stereocenters. The van der Waals surface area contributed by atoms with Gasteiger partial charge in [-0.3, -0.25) is 0 Å². The molecule has 7 heteroatoms. The molecule has 0 aromatic carbocycles. The van der Waals surface area contributed by atoms with Crippen LogP contribution in [0.25, 0.3) is 0 Å². The number of hydrogen-bond donors (Lipinski definition) is 0. The lowest BCUT2D eigenvalue weighted by molar-refractivity contribution is 0.114. The van der Waals surface area contributed by atoms with Crippen molar-refractivity contribution in [3.8, 4) is 0 Å². The highest BCUT2D eigenvalue weighted by molar-refractivity contribution is 6.81. The summed E-state index contributed by atoms with van der Waals surface area (Å²) in [6.45, 7) is 15.9. The Morgan fingerprint density at radius 1 is 1.00 bits per heavy atom. The lowest BCUT2D eigenvalue weighted by Gasteiger charge is -2.29. The predicted octanol–water partition coefficient (Wildman–Crippen LogP) is 3.37. The fourth-order valence-electron chi connectivity index (χ4n) is 1.66. The summed E-state index contributed by atoms with van der Waals surface area (Å²) in [4.78, 5) is 0. The van der Waals surface area contributed by atoms with Crippen molar-refractivity contribution in [3.63, 3.8) is 0 Å². The van der Waals surface area contributed by atoms with Crippen LogP contribution in [0.5, 0.6) is 0 Å². The zero-order chi connectivity index (χ0) is 15.2. The molecule has 0 aromatic heterocycles. The second-order valence-corrected chi connectivity index (χ2v) is 18.6. The van der Waals surface area contributed by atoms with Gasteiger partial charge in [-0.05, 0) is 58.2 Å². The second-order valence-electron chi connectivity index (χ2n) is 7.29. The van der Waals surface area contributed by atoms with Crippen molar-refractivity contribution in [2.45, 2.75) is 64.3 Å². The first kappa shape index (κ1) is 18.5. The van der Waals surface area contributed by atoms with E-state index < -0.39 is 25.9 Å². The zero-order valence-corrected chi connectivity index (χ0v) is 17.0. The summed E-state index contributed by atoms with van der Waals surface area (Å²) < 4.78 is 23.2. The van der Waals surface area contributed by atoms with Crippen LogP contribution in [0.15, 0.2) is 0 Å². The maximum absolute atomic E-state index is 6.26. The summed E-state index contributed by atoms with van der Waals surface area (Å²) in [5.41, 5.74) is 0. The summed E-state index contributed by atoms with van der Waals surface area (Å²) in [5, 5.41) is 0. The minimum Gasteiger partial charge on any atom is -0.436 e. The fourth-order valence-corrected chi connectivity index (χ4v) is 9.02. The van der Waals surface area contributed by atoms with Crippen molar-refractivity contribution in [1.82, 2.24) is 0 Å². The van der Waals surface area contributed by atoms with Crippen molar-refractivity contribution in [2.24, 2.45) is 0 Å². The normalized spacial score (nSPS) is 19.6. The minimum atomic E-state index is -1.51. The topological polar surface area (TPSA) is 40.2 Å². The highest BCUT2D eigenvalue weighted by atomic mass is 28.4. The van der Waals surface area contributed by atoms with Crippen LogP contribution in [0.2, 0.25) is 45.3 Å². The van der Waals surface area contributed by atoms with E-state index in [2.05, 4.69) is 39.3 Å². The number of hydrogen-bond acceptors (Lipinski definition) is 4. The number of ether oxygens (including phenoxy) is 2. The fraction of sp³-hybridized carbons (Fsp3) is 1.00. The van der Waals surface area contributed by atoms with Gasteiger partial charge in [0.2, 0.25) is 0 Å². The summed E-state index contributed by atoms with van der Waals surface area (Å²) in [6.07, 6.45) is 2.60. The Morgan fingerprint density at radius 3 is 2.00 bits per heavy atom. The molecule has 0 amide bonds. The average molecular weight is 336 g/mol. The van der Waals surface area contributed by atoms with E-state index in [0.29, 0.717) is 6.10 Å². The molecule has 1 rings (SSSR count). The Labute approximate surface area is 128 Å².